The molecule has 2 heteroatoms. The van der Waals surface area contributed by atoms with Gasteiger partial charge in [0.05, 0.1) is 0 Å². The lowest BCUT2D eigenvalue weighted by Crippen LogP contribution is -2.10. The Bertz CT molecular complexity index is 565. The molecule has 0 fully saturated rings. The normalized spacial score (nSPS) is 11.6. The molecule has 0 spiro atoms. The summed E-state index contributed by atoms with van der Waals surface area (Å²) in [6.45, 7) is 6.94. The highest BCUT2D eigenvalue weighted by molar-refractivity contribution is 5.67. The molecule has 0 saturated heterocycles. The number of nitrogens with two attached hydrogens (primary N) is 1. The minimum Gasteiger partial charge on any atom is -0.326 e. The van der Waals surface area contributed by atoms with Crippen molar-refractivity contribution < 1.29 is 4.39 Å². The summed E-state index contributed by atoms with van der Waals surface area (Å²) in [5.74, 6) is -0.230. The summed E-state index contributed by atoms with van der Waals surface area (Å²) >= 11 is 0. The average Bonchev–Trinajstić information content (AvgIpc) is 2.38. The third-order valence-electron chi connectivity index (χ3n) is 3.35. The molecule has 2 aromatic rings. The van der Waals surface area contributed by atoms with Crippen LogP contribution in [0.4, 0.5) is 4.39 Å². The fourth-order valence-electron chi connectivity index (χ4n) is 2.15. The van der Waals surface area contributed by atoms with Crippen molar-refractivity contribution in [1.82, 2.24) is 0 Å². The van der Waals surface area contributed by atoms with Gasteiger partial charge < -0.3 is 5.73 Å². The fraction of sp³-hybridized carbons (Fsp3) is 0.294. The first-order valence-corrected chi connectivity index (χ1v) is 6.51. The van der Waals surface area contributed by atoms with Crippen LogP contribution in [0.3, 0.4) is 0 Å². The smallest absolute Gasteiger partial charge is 0.123 e. The van der Waals surface area contributed by atoms with E-state index >= 15 is 0 Å². The van der Waals surface area contributed by atoms with Crippen molar-refractivity contribution in [1.29, 1.82) is 0 Å². The minimum atomic E-state index is -0.230. The van der Waals surface area contributed by atoms with Crippen molar-refractivity contribution in [2.45, 2.75) is 32.7 Å². The molecule has 0 radical (unpaired) electrons. The maximum atomic E-state index is 13.4. The van der Waals surface area contributed by atoms with Gasteiger partial charge in [0.15, 0.2) is 0 Å². The molecule has 0 heterocycles. The lowest BCUT2D eigenvalue weighted by atomic mass is 9.86. The van der Waals surface area contributed by atoms with E-state index in [4.69, 9.17) is 5.73 Å². The van der Waals surface area contributed by atoms with Crippen molar-refractivity contribution in [3.63, 3.8) is 0 Å². The topological polar surface area (TPSA) is 26.0 Å². The number of rotatable bonds is 2. The van der Waals surface area contributed by atoms with Crippen molar-refractivity contribution in [2.24, 2.45) is 5.73 Å². The summed E-state index contributed by atoms with van der Waals surface area (Å²) in [5, 5.41) is 0. The predicted molar refractivity (Wildman–Crippen MR) is 78.4 cm³/mol. The molecule has 100 valence electrons. The van der Waals surface area contributed by atoms with Gasteiger partial charge in [-0.05, 0) is 39.8 Å². The molecule has 0 saturated carbocycles. The van der Waals surface area contributed by atoms with Crippen molar-refractivity contribution in [2.75, 3.05) is 0 Å². The fourth-order valence-corrected chi connectivity index (χ4v) is 2.15. The van der Waals surface area contributed by atoms with Gasteiger partial charge in [-0.25, -0.2) is 4.39 Å². The number of hydrogen-bond acceptors (Lipinski definition) is 1. The maximum absolute atomic E-state index is 13.4. The molecular formula is C17H20FN. The van der Waals surface area contributed by atoms with Crippen LogP contribution in [0, 0.1) is 5.82 Å². The second-order valence-corrected chi connectivity index (χ2v) is 5.83. The summed E-state index contributed by atoms with van der Waals surface area (Å²) in [6, 6.07) is 13.0. The van der Waals surface area contributed by atoms with Crippen LogP contribution in [-0.4, -0.2) is 0 Å². The van der Waals surface area contributed by atoms with E-state index < -0.39 is 0 Å². The van der Waals surface area contributed by atoms with E-state index in [1.54, 1.807) is 12.1 Å². The van der Waals surface area contributed by atoms with E-state index in [1.165, 1.54) is 11.6 Å². The Balaban J connectivity index is 2.45. The van der Waals surface area contributed by atoms with Gasteiger partial charge in [0.2, 0.25) is 0 Å². The molecule has 2 N–H and O–H groups in total. The van der Waals surface area contributed by atoms with Gasteiger partial charge >= 0.3 is 0 Å². The molecule has 0 aliphatic rings. The van der Waals surface area contributed by atoms with Gasteiger partial charge in [-0.2, -0.15) is 0 Å². The molecule has 0 unspecified atom stereocenters. The van der Waals surface area contributed by atoms with E-state index in [0.29, 0.717) is 6.54 Å². The zero-order chi connectivity index (χ0) is 14.0. The average molecular weight is 257 g/mol. The predicted octanol–water partition coefficient (Wildman–Crippen LogP) is 4.25. The monoisotopic (exact) mass is 257 g/mol. The SMILES string of the molecule is CC(C)(C)c1ccc(-c2cc(F)ccc2CN)cc1. The summed E-state index contributed by atoms with van der Waals surface area (Å²) < 4.78 is 13.4. The molecule has 0 aromatic heterocycles. The van der Waals surface area contributed by atoms with E-state index in [0.717, 1.165) is 16.7 Å². The maximum Gasteiger partial charge on any atom is 0.123 e. The first-order chi connectivity index (χ1) is 8.91. The quantitative estimate of drug-likeness (QED) is 0.855. The Morgan fingerprint density at radius 2 is 1.63 bits per heavy atom. The van der Waals surface area contributed by atoms with Crippen LogP contribution in [0.15, 0.2) is 42.5 Å². The van der Waals surface area contributed by atoms with Crippen LogP contribution in [0.5, 0.6) is 0 Å². The summed E-state index contributed by atoms with van der Waals surface area (Å²) in [5.41, 5.74) is 9.95. The molecule has 0 aliphatic heterocycles. The Kier molecular flexibility index (Phi) is 3.72. The van der Waals surface area contributed by atoms with Gasteiger partial charge in [-0.1, -0.05) is 51.1 Å². The molecule has 0 atom stereocenters. The molecule has 0 amide bonds. The van der Waals surface area contributed by atoms with Crippen LogP contribution in [-0.2, 0) is 12.0 Å². The molecule has 2 aromatic carbocycles. The van der Waals surface area contributed by atoms with Crippen molar-refractivity contribution in [3.05, 3.63) is 59.4 Å². The van der Waals surface area contributed by atoms with Crippen LogP contribution in [0.25, 0.3) is 11.1 Å². The van der Waals surface area contributed by atoms with E-state index in [-0.39, 0.29) is 11.2 Å². The van der Waals surface area contributed by atoms with Crippen LogP contribution >= 0.6 is 0 Å². The first kappa shape index (κ1) is 13.8. The van der Waals surface area contributed by atoms with Gasteiger partial charge in [-0.3, -0.25) is 0 Å². The minimum absolute atomic E-state index is 0.122. The van der Waals surface area contributed by atoms with E-state index in [2.05, 4.69) is 32.9 Å². The second kappa shape index (κ2) is 5.14. The summed E-state index contributed by atoms with van der Waals surface area (Å²) in [4.78, 5) is 0. The Hall–Kier alpha value is -1.67. The highest BCUT2D eigenvalue weighted by Crippen LogP contribution is 2.28. The molecule has 2 rings (SSSR count). The first-order valence-electron chi connectivity index (χ1n) is 6.51. The zero-order valence-electron chi connectivity index (χ0n) is 11.7. The molecule has 0 aliphatic carbocycles. The highest BCUT2D eigenvalue weighted by Gasteiger charge is 2.13. The van der Waals surface area contributed by atoms with Crippen LogP contribution < -0.4 is 5.73 Å². The number of halogens is 1. The molecule has 0 bridgehead atoms. The van der Waals surface area contributed by atoms with E-state index in [9.17, 15) is 4.39 Å². The third-order valence-corrected chi connectivity index (χ3v) is 3.35. The standard InChI is InChI=1S/C17H20FN/c1-17(2,3)14-7-4-12(5-8-14)16-10-15(18)9-6-13(16)11-19/h4-10H,11,19H2,1-3H3. The van der Waals surface area contributed by atoms with E-state index in [1.807, 2.05) is 12.1 Å². The zero-order valence-corrected chi connectivity index (χ0v) is 11.7. The Labute approximate surface area is 114 Å². The Morgan fingerprint density at radius 1 is 1.00 bits per heavy atom. The molecular weight excluding hydrogens is 237 g/mol. The summed E-state index contributed by atoms with van der Waals surface area (Å²) in [6.07, 6.45) is 0. The van der Waals surface area contributed by atoms with Gasteiger partial charge in [0.1, 0.15) is 5.82 Å². The third kappa shape index (κ3) is 3.02. The van der Waals surface area contributed by atoms with Crippen molar-refractivity contribution in [3.8, 4) is 11.1 Å². The van der Waals surface area contributed by atoms with Crippen molar-refractivity contribution >= 4 is 0 Å². The lowest BCUT2D eigenvalue weighted by Gasteiger charge is -2.19. The van der Waals surface area contributed by atoms with Gasteiger partial charge in [0.25, 0.3) is 0 Å². The molecule has 19 heavy (non-hydrogen) atoms. The highest BCUT2D eigenvalue weighted by atomic mass is 19.1. The number of hydrogen-bond donors (Lipinski definition) is 1. The van der Waals surface area contributed by atoms with Crippen LogP contribution in [0.2, 0.25) is 0 Å². The largest absolute Gasteiger partial charge is 0.326 e. The Morgan fingerprint density at radius 3 is 2.16 bits per heavy atom. The van der Waals surface area contributed by atoms with Gasteiger partial charge in [-0.15, -0.1) is 0 Å². The molecule has 1 nitrogen and oxygen atoms in total. The summed E-state index contributed by atoms with van der Waals surface area (Å²) in [7, 11) is 0. The second-order valence-electron chi connectivity index (χ2n) is 5.83. The van der Waals surface area contributed by atoms with Gasteiger partial charge in [0, 0.05) is 6.54 Å². The lowest BCUT2D eigenvalue weighted by molar-refractivity contribution is 0.590. The van der Waals surface area contributed by atoms with Crippen LogP contribution in [0.1, 0.15) is 31.9 Å². The number of benzene rings is 2.